The average molecular weight is 515 g/mol. The number of amides is 1. The van der Waals surface area contributed by atoms with E-state index in [9.17, 15) is 9.59 Å². The monoisotopic (exact) mass is 514 g/mol. The molecule has 2 heterocycles. The summed E-state index contributed by atoms with van der Waals surface area (Å²) in [4.78, 5) is 30.0. The number of nitrogens with one attached hydrogen (secondary N) is 1. The molecule has 0 fully saturated rings. The number of carbonyl (C=O) groups excluding carboxylic acids is 1. The molecule has 0 saturated heterocycles. The second-order valence-corrected chi connectivity index (χ2v) is 11.3. The van der Waals surface area contributed by atoms with Crippen molar-refractivity contribution in [2.24, 2.45) is 0 Å². The van der Waals surface area contributed by atoms with Gasteiger partial charge in [-0.1, -0.05) is 45.2 Å². The maximum Gasteiger partial charge on any atom is 0.256 e. The average Bonchev–Trinajstić information content (AvgIpc) is 2.73. The maximum absolute atomic E-state index is 13.6. The van der Waals surface area contributed by atoms with E-state index in [2.05, 4.69) is 39.4 Å². The zero-order valence-corrected chi connectivity index (χ0v) is 21.1. The lowest BCUT2D eigenvalue weighted by Gasteiger charge is -2.38. The van der Waals surface area contributed by atoms with Gasteiger partial charge in [0.15, 0.2) is 0 Å². The summed E-state index contributed by atoms with van der Waals surface area (Å²) in [6.45, 7) is 2.48. The van der Waals surface area contributed by atoms with Gasteiger partial charge >= 0.3 is 0 Å². The van der Waals surface area contributed by atoms with Crippen molar-refractivity contribution in [2.45, 2.75) is 24.5 Å². The summed E-state index contributed by atoms with van der Waals surface area (Å²) in [6, 6.07) is 10.9. The number of halogens is 1. The van der Waals surface area contributed by atoms with Crippen LogP contribution in [0.25, 0.3) is 10.8 Å². The van der Waals surface area contributed by atoms with E-state index in [1.165, 1.54) is 0 Å². The first kappa shape index (κ1) is 22.7. The molecule has 1 aliphatic rings. The smallest absolute Gasteiger partial charge is 0.256 e. The van der Waals surface area contributed by atoms with Crippen LogP contribution in [0.1, 0.15) is 28.4 Å². The highest BCUT2D eigenvalue weighted by atomic mass is 79.9. The second kappa shape index (κ2) is 8.44. The lowest BCUT2D eigenvalue weighted by atomic mass is 9.86. The molecule has 1 aliphatic heterocycles. The van der Waals surface area contributed by atoms with Gasteiger partial charge in [0.25, 0.3) is 5.56 Å². The van der Waals surface area contributed by atoms with Crippen LogP contribution in [-0.4, -0.2) is 37.3 Å². The minimum absolute atomic E-state index is 0.110. The van der Waals surface area contributed by atoms with Crippen molar-refractivity contribution in [1.29, 1.82) is 0 Å². The fourth-order valence-corrected chi connectivity index (χ4v) is 5.19. The molecule has 5 nitrogen and oxygen atoms in total. The van der Waals surface area contributed by atoms with Crippen LogP contribution in [0.15, 0.2) is 45.7 Å². The van der Waals surface area contributed by atoms with Gasteiger partial charge in [-0.3, -0.25) is 9.59 Å². The summed E-state index contributed by atoms with van der Waals surface area (Å²) >= 11 is 3.48. The molecule has 1 aromatic heterocycles. The van der Waals surface area contributed by atoms with E-state index in [1.54, 1.807) is 18.0 Å². The predicted octanol–water partition coefficient (Wildman–Crippen LogP) is 3.03. The quantitative estimate of drug-likeness (QED) is 0.432. The summed E-state index contributed by atoms with van der Waals surface area (Å²) in [5.74, 6) is -0.110. The van der Waals surface area contributed by atoms with E-state index in [0.29, 0.717) is 23.1 Å². The molecule has 4 rings (SSSR count). The highest BCUT2D eigenvalue weighted by Gasteiger charge is 2.38. The molecule has 0 bridgehead atoms. The van der Waals surface area contributed by atoms with Crippen LogP contribution in [-0.2, 0) is 21.0 Å². The van der Waals surface area contributed by atoms with Crippen molar-refractivity contribution in [3.05, 3.63) is 73.6 Å². The predicted molar refractivity (Wildman–Crippen MR) is 135 cm³/mol. The van der Waals surface area contributed by atoms with Crippen molar-refractivity contribution in [3.8, 4) is 0 Å². The zero-order chi connectivity index (χ0) is 22.5. The third-order valence-electron chi connectivity index (χ3n) is 5.83. The van der Waals surface area contributed by atoms with Gasteiger partial charge < -0.3 is 14.6 Å². The molecule has 1 N–H and O–H groups in total. The Labute approximate surface area is 195 Å². The number of rotatable bonds is 3. The lowest BCUT2D eigenvalue weighted by Crippen LogP contribution is -2.43. The number of likely N-dealkylation sites (N-methyl/N-ethyl adjacent to an activating group) is 1. The highest BCUT2D eigenvalue weighted by molar-refractivity contribution is 9.10. The second-order valence-electron chi connectivity index (χ2n) is 7.93. The molecule has 3 aromatic rings. The van der Waals surface area contributed by atoms with Gasteiger partial charge in [-0.25, -0.2) is 0 Å². The third kappa shape index (κ3) is 4.02. The van der Waals surface area contributed by atoms with Crippen LogP contribution in [0.4, 0.5) is 0 Å². The number of ether oxygens (including phenoxy) is 1. The molecule has 2 radical (unpaired) electrons. The summed E-state index contributed by atoms with van der Waals surface area (Å²) in [5.41, 5.74) is 3.67. The Balaban J connectivity index is 1.82. The Kier molecular flexibility index (Phi) is 6.17. The molecular formula is C22H22BBrN2O3P2. The Bertz CT molecular complexity index is 1260. The molecule has 158 valence electrons. The normalized spacial score (nSPS) is 16.2. The van der Waals surface area contributed by atoms with Crippen LogP contribution in [0.5, 0.6) is 0 Å². The Morgan fingerprint density at radius 1 is 1.29 bits per heavy atom. The molecule has 0 aliphatic carbocycles. The lowest BCUT2D eigenvalue weighted by molar-refractivity contribution is -0.134. The van der Waals surface area contributed by atoms with Crippen LogP contribution >= 0.6 is 34.4 Å². The number of H-pyrrole nitrogens is 1. The minimum atomic E-state index is -0.913. The molecule has 31 heavy (non-hydrogen) atoms. The molecule has 0 saturated carbocycles. The van der Waals surface area contributed by atoms with Crippen LogP contribution < -0.4 is 11.0 Å². The Morgan fingerprint density at radius 3 is 2.74 bits per heavy atom. The van der Waals surface area contributed by atoms with Crippen LogP contribution in [0.2, 0.25) is 0 Å². The Hall–Kier alpha value is -1.52. The van der Waals surface area contributed by atoms with E-state index in [1.807, 2.05) is 37.3 Å². The van der Waals surface area contributed by atoms with Gasteiger partial charge in [0, 0.05) is 28.2 Å². The summed E-state index contributed by atoms with van der Waals surface area (Å²) < 4.78 is 6.66. The number of hydrogen-bond acceptors (Lipinski definition) is 3. The molecule has 2 aromatic carbocycles. The zero-order valence-electron chi connectivity index (χ0n) is 17.2. The molecule has 9 heteroatoms. The van der Waals surface area contributed by atoms with Gasteiger partial charge in [-0.15, -0.1) is 18.5 Å². The molecule has 0 spiro atoms. The summed E-state index contributed by atoms with van der Waals surface area (Å²) in [7, 11) is 13.2. The van der Waals surface area contributed by atoms with Crippen LogP contribution in [0, 0.1) is 6.92 Å². The molecule has 3 atom stereocenters. The fraction of sp³-hybridized carbons (Fsp3) is 0.273. The molecule has 1 amide bonds. The number of hydrogen-bond donors (Lipinski definition) is 1. The fourth-order valence-electron chi connectivity index (χ4n) is 4.03. The molecule has 3 unspecified atom stereocenters. The third-order valence-corrected chi connectivity index (χ3v) is 7.48. The topological polar surface area (TPSA) is 62.4 Å². The Morgan fingerprint density at radius 2 is 2.03 bits per heavy atom. The van der Waals surface area contributed by atoms with Crippen molar-refractivity contribution >= 4 is 64.4 Å². The number of pyridine rings is 1. The van der Waals surface area contributed by atoms with Crippen molar-refractivity contribution in [1.82, 2.24) is 9.88 Å². The van der Waals surface area contributed by atoms with Crippen molar-refractivity contribution in [3.63, 3.8) is 0 Å². The number of carbonyl (C=O) groups is 1. The van der Waals surface area contributed by atoms with Gasteiger partial charge in [-0.2, -0.15) is 0 Å². The largest absolute Gasteiger partial charge is 0.373 e. The number of aromatic amines is 1. The van der Waals surface area contributed by atoms with Gasteiger partial charge in [0.1, 0.15) is 12.7 Å². The number of benzene rings is 2. The first-order valence-corrected chi connectivity index (χ1v) is 11.7. The van der Waals surface area contributed by atoms with Gasteiger partial charge in [0.05, 0.1) is 19.3 Å². The van der Waals surface area contributed by atoms with E-state index >= 15 is 0 Å². The van der Waals surface area contributed by atoms with Crippen LogP contribution in [0.3, 0.4) is 0 Å². The number of aromatic nitrogens is 1. The number of fused-ring (bicyclic) bond motifs is 3. The van der Waals surface area contributed by atoms with Crippen molar-refractivity contribution < 1.29 is 9.53 Å². The maximum atomic E-state index is 13.6. The van der Waals surface area contributed by atoms with Gasteiger partial charge in [0.2, 0.25) is 5.91 Å². The molecular weight excluding hydrogens is 493 g/mol. The first-order chi connectivity index (χ1) is 14.6. The SMILES string of the molecule is [B]c1cc2c3c([nH]c(=O)c2cc1C)COCC3N(C)C(=O)C(P)(P)c1cccc(Br)c1. The van der Waals surface area contributed by atoms with E-state index in [4.69, 9.17) is 12.6 Å². The number of nitrogens with zero attached hydrogens (tertiary/aromatic N) is 1. The van der Waals surface area contributed by atoms with E-state index in [-0.39, 0.29) is 24.1 Å². The first-order valence-electron chi connectivity index (χ1n) is 9.75. The summed E-state index contributed by atoms with van der Waals surface area (Å²) in [6.07, 6.45) is 0. The summed E-state index contributed by atoms with van der Waals surface area (Å²) in [5, 5.41) is 1.32. The number of aryl methyl sites for hydroxylation is 1. The van der Waals surface area contributed by atoms with E-state index in [0.717, 1.165) is 26.5 Å². The van der Waals surface area contributed by atoms with Gasteiger partial charge in [-0.05, 0) is 36.1 Å². The minimum Gasteiger partial charge on any atom is -0.373 e. The van der Waals surface area contributed by atoms with Crippen molar-refractivity contribution in [2.75, 3.05) is 13.7 Å². The van der Waals surface area contributed by atoms with E-state index < -0.39 is 4.90 Å². The highest BCUT2D eigenvalue weighted by Crippen LogP contribution is 2.43. The standard InChI is InChI=1S/C22H22BBrN2O3P2/c1-11-6-15-14(8-16(11)23)19-17(25-20(15)27)9-29-10-18(19)26(2)21(28)22(30,31)12-4-3-5-13(24)7-12/h3-8,18H,9-10,30-31H2,1-2H3,(H,25,27).